The zero-order valence-corrected chi connectivity index (χ0v) is 8.43. The monoisotopic (exact) mass is 199 g/mol. The number of alkyl halides is 2. The summed E-state index contributed by atoms with van der Waals surface area (Å²) in [6.07, 6.45) is -2.39. The fourth-order valence-corrected chi connectivity index (χ4v) is 1.61. The van der Waals surface area contributed by atoms with Gasteiger partial charge in [0.2, 0.25) is 6.43 Å². The highest BCUT2D eigenvalue weighted by atomic mass is 19.3. The molecule has 0 aliphatic carbocycles. The van der Waals surface area contributed by atoms with E-state index in [9.17, 15) is 8.78 Å². The molecule has 0 spiro atoms. The Bertz CT molecular complexity index is 310. The first-order valence-electron chi connectivity index (χ1n) is 4.61. The summed E-state index contributed by atoms with van der Waals surface area (Å²) < 4.78 is 25.2. The number of aryl methyl sites for hydroxylation is 2. The second-order valence-corrected chi connectivity index (χ2v) is 3.54. The molecule has 2 N–H and O–H groups in total. The molecule has 0 saturated carbocycles. The summed E-state index contributed by atoms with van der Waals surface area (Å²) in [5.41, 5.74) is 7.96. The molecule has 1 rings (SSSR count). The van der Waals surface area contributed by atoms with Crippen LogP contribution in [0.25, 0.3) is 0 Å². The molecule has 1 unspecified atom stereocenters. The van der Waals surface area contributed by atoms with Crippen LogP contribution in [-0.4, -0.2) is 13.0 Å². The van der Waals surface area contributed by atoms with Crippen molar-refractivity contribution >= 4 is 0 Å². The first-order chi connectivity index (χ1) is 6.56. The molecule has 3 heteroatoms. The van der Waals surface area contributed by atoms with Crippen molar-refractivity contribution in [3.8, 4) is 0 Å². The van der Waals surface area contributed by atoms with Gasteiger partial charge in [-0.2, -0.15) is 0 Å². The van der Waals surface area contributed by atoms with E-state index in [2.05, 4.69) is 0 Å². The summed E-state index contributed by atoms with van der Waals surface area (Å²) in [7, 11) is 0. The second kappa shape index (κ2) is 4.51. The van der Waals surface area contributed by atoms with E-state index in [0.29, 0.717) is 5.56 Å². The molecule has 78 valence electrons. The Morgan fingerprint density at radius 2 is 1.93 bits per heavy atom. The maximum absolute atomic E-state index is 12.6. The third-order valence-corrected chi connectivity index (χ3v) is 2.38. The molecule has 0 aliphatic heterocycles. The van der Waals surface area contributed by atoms with Crippen molar-refractivity contribution < 1.29 is 8.78 Å². The van der Waals surface area contributed by atoms with Gasteiger partial charge in [-0.25, -0.2) is 8.78 Å². The first-order valence-corrected chi connectivity index (χ1v) is 4.61. The van der Waals surface area contributed by atoms with Crippen LogP contribution < -0.4 is 5.73 Å². The van der Waals surface area contributed by atoms with Crippen molar-refractivity contribution in [3.05, 3.63) is 34.9 Å². The molecule has 0 saturated heterocycles. The molecule has 1 atom stereocenters. The fraction of sp³-hybridized carbons (Fsp3) is 0.455. The topological polar surface area (TPSA) is 26.0 Å². The van der Waals surface area contributed by atoms with Crippen LogP contribution in [0.5, 0.6) is 0 Å². The maximum Gasteiger partial charge on any atom is 0.246 e. The zero-order valence-electron chi connectivity index (χ0n) is 8.43. The largest absolute Gasteiger partial charge is 0.330 e. The zero-order chi connectivity index (χ0) is 10.7. The normalized spacial score (nSPS) is 13.3. The summed E-state index contributed by atoms with van der Waals surface area (Å²) in [6.45, 7) is 3.77. The summed E-state index contributed by atoms with van der Waals surface area (Å²) in [5, 5.41) is 0. The number of rotatable bonds is 3. The van der Waals surface area contributed by atoms with Gasteiger partial charge in [0.05, 0.1) is 5.92 Å². The van der Waals surface area contributed by atoms with Crippen LogP contribution in [0.2, 0.25) is 0 Å². The van der Waals surface area contributed by atoms with E-state index in [-0.39, 0.29) is 6.54 Å². The molecule has 1 aromatic carbocycles. The lowest BCUT2D eigenvalue weighted by Crippen LogP contribution is -2.20. The molecule has 1 nitrogen and oxygen atoms in total. The number of benzene rings is 1. The van der Waals surface area contributed by atoms with Crippen molar-refractivity contribution in [1.29, 1.82) is 0 Å². The average Bonchev–Trinajstić information content (AvgIpc) is 2.09. The van der Waals surface area contributed by atoms with E-state index < -0.39 is 12.3 Å². The average molecular weight is 199 g/mol. The van der Waals surface area contributed by atoms with Gasteiger partial charge in [-0.1, -0.05) is 23.8 Å². The number of hydrogen-bond acceptors (Lipinski definition) is 1. The van der Waals surface area contributed by atoms with E-state index >= 15 is 0 Å². The van der Waals surface area contributed by atoms with Gasteiger partial charge in [-0.05, 0) is 25.0 Å². The highest BCUT2D eigenvalue weighted by molar-refractivity contribution is 5.33. The lowest BCUT2D eigenvalue weighted by Gasteiger charge is -2.16. The van der Waals surface area contributed by atoms with Gasteiger partial charge in [0.25, 0.3) is 0 Å². The van der Waals surface area contributed by atoms with Gasteiger partial charge in [-0.3, -0.25) is 0 Å². The molecule has 1 aromatic rings. The number of nitrogens with two attached hydrogens (primary N) is 1. The Hall–Kier alpha value is -0.960. The van der Waals surface area contributed by atoms with Crippen molar-refractivity contribution in [2.45, 2.75) is 26.2 Å². The van der Waals surface area contributed by atoms with Gasteiger partial charge >= 0.3 is 0 Å². The van der Waals surface area contributed by atoms with E-state index in [1.807, 2.05) is 26.0 Å². The van der Waals surface area contributed by atoms with Gasteiger partial charge in [-0.15, -0.1) is 0 Å². The molecule has 0 radical (unpaired) electrons. The molecule has 0 heterocycles. The van der Waals surface area contributed by atoms with Crippen molar-refractivity contribution in [1.82, 2.24) is 0 Å². The SMILES string of the molecule is Cc1ccc(C(CN)C(F)F)c(C)c1. The highest BCUT2D eigenvalue weighted by Gasteiger charge is 2.21. The molecular weight excluding hydrogens is 184 g/mol. The molecule has 0 amide bonds. The minimum absolute atomic E-state index is 0.0123. The Kier molecular flexibility index (Phi) is 3.58. The van der Waals surface area contributed by atoms with Crippen LogP contribution in [0.3, 0.4) is 0 Å². The fourth-order valence-electron chi connectivity index (χ4n) is 1.61. The summed E-state index contributed by atoms with van der Waals surface area (Å²) in [6, 6.07) is 5.49. The van der Waals surface area contributed by atoms with Crippen LogP contribution >= 0.6 is 0 Å². The minimum atomic E-state index is -2.39. The smallest absolute Gasteiger partial charge is 0.246 e. The van der Waals surface area contributed by atoms with Gasteiger partial charge < -0.3 is 5.73 Å². The predicted octanol–water partition coefficient (Wildman–Crippen LogP) is 2.61. The number of hydrogen-bond donors (Lipinski definition) is 1. The Morgan fingerprint density at radius 3 is 2.36 bits per heavy atom. The summed E-state index contributed by atoms with van der Waals surface area (Å²) >= 11 is 0. The quantitative estimate of drug-likeness (QED) is 0.795. The third kappa shape index (κ3) is 2.29. The Labute approximate surface area is 82.9 Å². The number of halogens is 2. The highest BCUT2D eigenvalue weighted by Crippen LogP contribution is 2.25. The van der Waals surface area contributed by atoms with Crippen molar-refractivity contribution in [2.75, 3.05) is 6.54 Å². The Balaban J connectivity index is 3.04. The standard InChI is InChI=1S/C11H15F2N/c1-7-3-4-9(8(2)5-7)10(6-14)11(12)13/h3-5,10-11H,6,14H2,1-2H3. The van der Waals surface area contributed by atoms with E-state index in [4.69, 9.17) is 5.73 Å². The molecule has 0 fully saturated rings. The molecule has 0 aliphatic rings. The van der Waals surface area contributed by atoms with E-state index in [0.717, 1.165) is 11.1 Å². The van der Waals surface area contributed by atoms with Crippen LogP contribution in [0.1, 0.15) is 22.6 Å². The molecule has 0 bridgehead atoms. The molecule has 14 heavy (non-hydrogen) atoms. The van der Waals surface area contributed by atoms with Gasteiger partial charge in [0.1, 0.15) is 0 Å². The maximum atomic E-state index is 12.6. The second-order valence-electron chi connectivity index (χ2n) is 3.54. The first kappa shape index (κ1) is 11.1. The van der Waals surface area contributed by atoms with Gasteiger partial charge in [0, 0.05) is 6.54 Å². The van der Waals surface area contributed by atoms with Crippen LogP contribution in [0.4, 0.5) is 8.78 Å². The van der Waals surface area contributed by atoms with E-state index in [1.54, 1.807) is 6.07 Å². The van der Waals surface area contributed by atoms with Crippen LogP contribution in [0.15, 0.2) is 18.2 Å². The van der Waals surface area contributed by atoms with Crippen molar-refractivity contribution in [2.24, 2.45) is 5.73 Å². The van der Waals surface area contributed by atoms with Crippen LogP contribution in [-0.2, 0) is 0 Å². The minimum Gasteiger partial charge on any atom is -0.330 e. The molecular formula is C11H15F2N. The van der Waals surface area contributed by atoms with Crippen molar-refractivity contribution in [3.63, 3.8) is 0 Å². The van der Waals surface area contributed by atoms with Crippen LogP contribution in [0, 0.1) is 13.8 Å². The third-order valence-electron chi connectivity index (χ3n) is 2.38. The predicted molar refractivity (Wildman–Crippen MR) is 53.7 cm³/mol. The van der Waals surface area contributed by atoms with Gasteiger partial charge in [0.15, 0.2) is 0 Å². The lowest BCUT2D eigenvalue weighted by molar-refractivity contribution is 0.117. The lowest BCUT2D eigenvalue weighted by atomic mass is 9.94. The Morgan fingerprint density at radius 1 is 1.29 bits per heavy atom. The molecule has 0 aromatic heterocycles. The van der Waals surface area contributed by atoms with E-state index in [1.165, 1.54) is 0 Å². The summed E-state index contributed by atoms with van der Waals surface area (Å²) in [5.74, 6) is -0.837. The summed E-state index contributed by atoms with van der Waals surface area (Å²) in [4.78, 5) is 0.